The van der Waals surface area contributed by atoms with Crippen LogP contribution in [0.15, 0.2) is 24.3 Å². The summed E-state index contributed by atoms with van der Waals surface area (Å²) in [5.41, 5.74) is 2.78. The molecule has 1 aliphatic rings. The first-order valence-electron chi connectivity index (χ1n) is 4.55. The van der Waals surface area contributed by atoms with Gasteiger partial charge in [-0.15, -0.1) is 0 Å². The third-order valence-corrected chi connectivity index (χ3v) is 2.77. The molecule has 0 bridgehead atoms. The van der Waals surface area contributed by atoms with Gasteiger partial charge >= 0.3 is 0 Å². The second-order valence-corrected chi connectivity index (χ2v) is 3.60. The van der Waals surface area contributed by atoms with Crippen molar-refractivity contribution in [1.29, 1.82) is 0 Å². The van der Waals surface area contributed by atoms with E-state index in [0.29, 0.717) is 6.04 Å². The van der Waals surface area contributed by atoms with E-state index in [2.05, 4.69) is 24.3 Å². The number of fused-ring (bicyclic) bond motifs is 1. The summed E-state index contributed by atoms with van der Waals surface area (Å²) in [4.78, 5) is 12.3. The molecule has 1 aliphatic carbocycles. The first kappa shape index (κ1) is 8.30. The lowest BCUT2D eigenvalue weighted by atomic mass is 10.1. The number of hydrogen-bond donors (Lipinski definition) is 0. The second kappa shape index (κ2) is 3.21. The fourth-order valence-electron chi connectivity index (χ4n) is 1.91. The molecule has 1 aromatic rings. The fraction of sp³-hybridized carbons (Fsp3) is 0.364. The summed E-state index contributed by atoms with van der Waals surface area (Å²) in [6.07, 6.45) is 2.92. The summed E-state index contributed by atoms with van der Waals surface area (Å²) in [6.45, 7) is 0. The zero-order valence-electron chi connectivity index (χ0n) is 7.73. The Balaban J connectivity index is 2.18. The van der Waals surface area contributed by atoms with Gasteiger partial charge in [0, 0.05) is 13.1 Å². The highest BCUT2D eigenvalue weighted by Crippen LogP contribution is 2.23. The van der Waals surface area contributed by atoms with Crippen molar-refractivity contribution in [1.82, 2.24) is 4.90 Å². The van der Waals surface area contributed by atoms with Crippen molar-refractivity contribution in [2.24, 2.45) is 0 Å². The van der Waals surface area contributed by atoms with Gasteiger partial charge in [-0.05, 0) is 24.0 Å². The van der Waals surface area contributed by atoms with Gasteiger partial charge in [-0.1, -0.05) is 24.3 Å². The molecule has 0 atom stereocenters. The summed E-state index contributed by atoms with van der Waals surface area (Å²) < 4.78 is 0. The predicted octanol–water partition coefficient (Wildman–Crippen LogP) is 1.24. The van der Waals surface area contributed by atoms with Crippen LogP contribution in [0.1, 0.15) is 11.1 Å². The monoisotopic (exact) mass is 175 g/mol. The smallest absolute Gasteiger partial charge is 0.209 e. The standard InChI is InChI=1S/C11H13NO/c1-12(8-13)11-6-9-4-2-3-5-10(9)7-11/h2-5,8,11H,6-7H2,1H3. The molecule has 1 aromatic carbocycles. The Morgan fingerprint density at radius 3 is 2.31 bits per heavy atom. The number of hydrogen-bond acceptors (Lipinski definition) is 1. The molecule has 0 heterocycles. The van der Waals surface area contributed by atoms with Crippen LogP contribution in [0.5, 0.6) is 0 Å². The summed E-state index contributed by atoms with van der Waals surface area (Å²) in [7, 11) is 1.85. The zero-order valence-corrected chi connectivity index (χ0v) is 7.73. The largest absolute Gasteiger partial charge is 0.345 e. The molecular weight excluding hydrogens is 162 g/mol. The van der Waals surface area contributed by atoms with Crippen LogP contribution < -0.4 is 0 Å². The van der Waals surface area contributed by atoms with E-state index in [4.69, 9.17) is 0 Å². The van der Waals surface area contributed by atoms with Gasteiger partial charge in [-0.2, -0.15) is 0 Å². The SMILES string of the molecule is CN(C=O)C1Cc2ccccc2C1. The lowest BCUT2D eigenvalue weighted by Crippen LogP contribution is -2.30. The minimum absolute atomic E-state index is 0.370. The van der Waals surface area contributed by atoms with Crippen molar-refractivity contribution in [2.45, 2.75) is 18.9 Å². The first-order valence-corrected chi connectivity index (χ1v) is 4.55. The Kier molecular flexibility index (Phi) is 2.05. The number of nitrogens with zero attached hydrogens (tertiary/aromatic N) is 1. The highest BCUT2D eigenvalue weighted by atomic mass is 16.1. The van der Waals surface area contributed by atoms with E-state index in [-0.39, 0.29) is 0 Å². The Morgan fingerprint density at radius 2 is 1.85 bits per heavy atom. The maximum Gasteiger partial charge on any atom is 0.209 e. The molecule has 68 valence electrons. The highest BCUT2D eigenvalue weighted by Gasteiger charge is 2.23. The Morgan fingerprint density at radius 1 is 1.31 bits per heavy atom. The molecule has 0 saturated heterocycles. The summed E-state index contributed by atoms with van der Waals surface area (Å²) in [5, 5.41) is 0. The maximum atomic E-state index is 10.6. The van der Waals surface area contributed by atoms with E-state index in [1.54, 1.807) is 4.90 Å². The molecule has 0 aliphatic heterocycles. The second-order valence-electron chi connectivity index (χ2n) is 3.60. The third kappa shape index (κ3) is 1.44. The Bertz CT molecular complexity index is 297. The third-order valence-electron chi connectivity index (χ3n) is 2.77. The van der Waals surface area contributed by atoms with Gasteiger partial charge in [0.25, 0.3) is 0 Å². The summed E-state index contributed by atoms with van der Waals surface area (Å²) in [6, 6.07) is 8.78. The average molecular weight is 175 g/mol. The van der Waals surface area contributed by atoms with Gasteiger partial charge in [0.15, 0.2) is 0 Å². The van der Waals surface area contributed by atoms with Crippen molar-refractivity contribution in [2.75, 3.05) is 7.05 Å². The number of likely N-dealkylation sites (N-methyl/N-ethyl adjacent to an activating group) is 1. The molecule has 0 spiro atoms. The van der Waals surface area contributed by atoms with Crippen molar-refractivity contribution >= 4 is 6.41 Å². The molecule has 2 heteroatoms. The van der Waals surface area contributed by atoms with Gasteiger partial charge < -0.3 is 4.90 Å². The first-order chi connectivity index (χ1) is 6.31. The lowest BCUT2D eigenvalue weighted by molar-refractivity contribution is -0.118. The van der Waals surface area contributed by atoms with Gasteiger partial charge in [-0.25, -0.2) is 0 Å². The van der Waals surface area contributed by atoms with Crippen molar-refractivity contribution < 1.29 is 4.79 Å². The van der Waals surface area contributed by atoms with Crippen LogP contribution in [0.25, 0.3) is 0 Å². The normalized spacial score (nSPS) is 15.5. The number of amides is 1. The quantitative estimate of drug-likeness (QED) is 0.619. The molecule has 2 nitrogen and oxygen atoms in total. The number of carbonyl (C=O) groups excluding carboxylic acids is 1. The van der Waals surface area contributed by atoms with Crippen LogP contribution in [0, 0.1) is 0 Å². The molecule has 1 amide bonds. The van der Waals surface area contributed by atoms with E-state index in [1.165, 1.54) is 11.1 Å². The van der Waals surface area contributed by atoms with Gasteiger partial charge in [0.05, 0.1) is 0 Å². The van der Waals surface area contributed by atoms with E-state index in [0.717, 1.165) is 19.3 Å². The van der Waals surface area contributed by atoms with Crippen LogP contribution in [-0.2, 0) is 17.6 Å². The van der Waals surface area contributed by atoms with Gasteiger partial charge in [0.1, 0.15) is 0 Å². The van der Waals surface area contributed by atoms with Crippen LogP contribution in [0.4, 0.5) is 0 Å². The number of benzene rings is 1. The average Bonchev–Trinajstić information content (AvgIpc) is 2.59. The molecule has 0 N–H and O–H groups in total. The van der Waals surface area contributed by atoms with E-state index in [9.17, 15) is 4.79 Å². The molecule has 13 heavy (non-hydrogen) atoms. The fourth-order valence-corrected chi connectivity index (χ4v) is 1.91. The van der Waals surface area contributed by atoms with Crippen LogP contribution >= 0.6 is 0 Å². The number of rotatable bonds is 2. The predicted molar refractivity (Wildman–Crippen MR) is 51.5 cm³/mol. The summed E-state index contributed by atoms with van der Waals surface area (Å²) in [5.74, 6) is 0. The Hall–Kier alpha value is -1.31. The van der Waals surface area contributed by atoms with Crippen LogP contribution in [-0.4, -0.2) is 24.4 Å². The van der Waals surface area contributed by atoms with E-state index >= 15 is 0 Å². The van der Waals surface area contributed by atoms with Crippen molar-refractivity contribution in [3.05, 3.63) is 35.4 Å². The molecule has 0 fully saturated rings. The van der Waals surface area contributed by atoms with E-state index in [1.807, 2.05) is 7.05 Å². The molecule has 0 aromatic heterocycles. The summed E-state index contributed by atoms with van der Waals surface area (Å²) >= 11 is 0. The van der Waals surface area contributed by atoms with Crippen LogP contribution in [0.3, 0.4) is 0 Å². The minimum atomic E-state index is 0.370. The maximum absolute atomic E-state index is 10.6. The minimum Gasteiger partial charge on any atom is -0.345 e. The highest BCUT2D eigenvalue weighted by molar-refractivity contribution is 5.48. The van der Waals surface area contributed by atoms with Gasteiger partial charge in [0.2, 0.25) is 6.41 Å². The number of carbonyl (C=O) groups is 1. The van der Waals surface area contributed by atoms with E-state index < -0.39 is 0 Å². The zero-order chi connectivity index (χ0) is 9.26. The van der Waals surface area contributed by atoms with Crippen molar-refractivity contribution in [3.63, 3.8) is 0 Å². The Labute approximate surface area is 78.2 Å². The van der Waals surface area contributed by atoms with Crippen molar-refractivity contribution in [3.8, 4) is 0 Å². The molecule has 0 radical (unpaired) electrons. The topological polar surface area (TPSA) is 20.3 Å². The molecule has 0 unspecified atom stereocenters. The van der Waals surface area contributed by atoms with Crippen LogP contribution in [0.2, 0.25) is 0 Å². The van der Waals surface area contributed by atoms with Gasteiger partial charge in [-0.3, -0.25) is 4.79 Å². The molecule has 2 rings (SSSR count). The lowest BCUT2D eigenvalue weighted by Gasteiger charge is -2.18. The molecule has 0 saturated carbocycles. The molecular formula is C11H13NO.